The van der Waals surface area contributed by atoms with Crippen LogP contribution in [0.2, 0.25) is 5.02 Å². The van der Waals surface area contributed by atoms with E-state index in [0.29, 0.717) is 23.1 Å². The smallest absolute Gasteiger partial charge is 0.201 e. The summed E-state index contributed by atoms with van der Waals surface area (Å²) in [5.41, 5.74) is 8.22. The summed E-state index contributed by atoms with van der Waals surface area (Å²) in [6, 6.07) is 6.96. The van der Waals surface area contributed by atoms with Crippen molar-refractivity contribution in [3.05, 3.63) is 23.2 Å². The van der Waals surface area contributed by atoms with Crippen LogP contribution in [0.25, 0.3) is 11.0 Å². The number of anilines is 1. The summed E-state index contributed by atoms with van der Waals surface area (Å²) in [4.78, 5) is 7.11. The van der Waals surface area contributed by atoms with Crippen LogP contribution in [0.3, 0.4) is 0 Å². The molecule has 0 bridgehead atoms. The van der Waals surface area contributed by atoms with E-state index < -0.39 is 0 Å². The molecule has 0 saturated carbocycles. The van der Waals surface area contributed by atoms with Crippen molar-refractivity contribution in [3.8, 4) is 0 Å². The molecule has 0 radical (unpaired) electrons. The minimum absolute atomic E-state index is 0.460. The Bertz CT molecular complexity index is 651. The summed E-state index contributed by atoms with van der Waals surface area (Å²) in [6.07, 6.45) is 5.11. The van der Waals surface area contributed by atoms with Gasteiger partial charge in [0, 0.05) is 17.6 Å². The lowest BCUT2D eigenvalue weighted by Gasteiger charge is -2.33. The van der Waals surface area contributed by atoms with Gasteiger partial charge in [0.2, 0.25) is 5.95 Å². The van der Waals surface area contributed by atoms with Crippen molar-refractivity contribution >= 4 is 28.6 Å². The maximum absolute atomic E-state index is 6.20. The van der Waals surface area contributed by atoms with Gasteiger partial charge in [-0.05, 0) is 44.0 Å². The van der Waals surface area contributed by atoms with E-state index in [2.05, 4.69) is 14.5 Å². The minimum atomic E-state index is 0.460. The van der Waals surface area contributed by atoms with E-state index in [0.717, 1.165) is 11.0 Å². The Morgan fingerprint density at radius 3 is 2.95 bits per heavy atom. The molecule has 1 aromatic heterocycles. The average molecular weight is 291 g/mol. The van der Waals surface area contributed by atoms with Crippen molar-refractivity contribution in [1.29, 1.82) is 0 Å². The Labute approximate surface area is 123 Å². The summed E-state index contributed by atoms with van der Waals surface area (Å²) in [5, 5.41) is 0.716. The number of piperidine rings is 1. The SMILES string of the molecule is Nc1nc2cc(Cl)ccc2n1C1CCN2CCCCC12. The summed E-state index contributed by atoms with van der Waals surface area (Å²) in [5.74, 6) is 0.625. The number of aromatic nitrogens is 2. The molecule has 2 saturated heterocycles. The van der Waals surface area contributed by atoms with Crippen LogP contribution in [0, 0.1) is 0 Å². The third-order valence-electron chi connectivity index (χ3n) is 4.83. The standard InChI is InChI=1S/C15H19ClN4/c16-10-4-5-12-11(9-10)18-15(17)20(12)14-6-8-19-7-2-1-3-13(14)19/h4-5,9,13-14H,1-3,6-8H2,(H2,17,18). The zero-order chi connectivity index (χ0) is 13.7. The first-order chi connectivity index (χ1) is 9.74. The number of halogens is 1. The Hall–Kier alpha value is -1.26. The number of nitrogen functional groups attached to an aromatic ring is 1. The van der Waals surface area contributed by atoms with Gasteiger partial charge in [0.1, 0.15) is 0 Å². The van der Waals surface area contributed by atoms with Crippen molar-refractivity contribution in [2.75, 3.05) is 18.8 Å². The normalized spacial score (nSPS) is 27.1. The predicted octanol–water partition coefficient (Wildman–Crippen LogP) is 3.07. The van der Waals surface area contributed by atoms with E-state index in [-0.39, 0.29) is 0 Å². The van der Waals surface area contributed by atoms with E-state index in [1.165, 1.54) is 38.8 Å². The fourth-order valence-electron chi connectivity index (χ4n) is 3.96. The molecule has 2 aromatic rings. The highest BCUT2D eigenvalue weighted by Crippen LogP contribution is 2.38. The number of hydrogen-bond acceptors (Lipinski definition) is 3. The quantitative estimate of drug-likeness (QED) is 0.878. The molecule has 2 fully saturated rings. The molecule has 3 heterocycles. The van der Waals surface area contributed by atoms with Gasteiger partial charge in [0.25, 0.3) is 0 Å². The number of nitrogens with two attached hydrogens (primary N) is 1. The fourth-order valence-corrected chi connectivity index (χ4v) is 4.13. The Balaban J connectivity index is 1.80. The van der Waals surface area contributed by atoms with E-state index >= 15 is 0 Å². The van der Waals surface area contributed by atoms with E-state index in [1.807, 2.05) is 18.2 Å². The van der Waals surface area contributed by atoms with Crippen LogP contribution < -0.4 is 5.73 Å². The van der Waals surface area contributed by atoms with Crippen LogP contribution in [0.5, 0.6) is 0 Å². The van der Waals surface area contributed by atoms with E-state index in [9.17, 15) is 0 Å². The van der Waals surface area contributed by atoms with Gasteiger partial charge in [-0.15, -0.1) is 0 Å². The lowest BCUT2D eigenvalue weighted by atomic mass is 9.99. The number of fused-ring (bicyclic) bond motifs is 2. The molecule has 4 rings (SSSR count). The van der Waals surface area contributed by atoms with Gasteiger partial charge in [-0.25, -0.2) is 4.98 Å². The molecule has 20 heavy (non-hydrogen) atoms. The molecule has 0 aliphatic carbocycles. The number of imidazole rings is 1. The summed E-state index contributed by atoms with van der Waals surface area (Å²) in [7, 11) is 0. The molecule has 2 unspecified atom stereocenters. The second kappa shape index (κ2) is 4.64. The number of rotatable bonds is 1. The van der Waals surface area contributed by atoms with Crippen LogP contribution in [0.4, 0.5) is 5.95 Å². The van der Waals surface area contributed by atoms with Gasteiger partial charge in [0.15, 0.2) is 0 Å². The Morgan fingerprint density at radius 1 is 1.15 bits per heavy atom. The van der Waals surface area contributed by atoms with Gasteiger partial charge in [-0.3, -0.25) is 4.90 Å². The average Bonchev–Trinajstić information content (AvgIpc) is 2.98. The van der Waals surface area contributed by atoms with Gasteiger partial charge in [-0.1, -0.05) is 18.0 Å². The van der Waals surface area contributed by atoms with Crippen LogP contribution in [-0.4, -0.2) is 33.6 Å². The first-order valence-corrected chi connectivity index (χ1v) is 7.79. The molecule has 2 aliphatic heterocycles. The largest absolute Gasteiger partial charge is 0.369 e. The maximum atomic E-state index is 6.20. The first kappa shape index (κ1) is 12.5. The van der Waals surface area contributed by atoms with E-state index in [1.54, 1.807) is 0 Å². The number of benzene rings is 1. The molecule has 106 valence electrons. The second-order valence-corrected chi connectivity index (χ2v) is 6.36. The monoisotopic (exact) mass is 290 g/mol. The Kier molecular flexibility index (Phi) is 2.89. The lowest BCUT2D eigenvalue weighted by Crippen LogP contribution is -2.37. The molecule has 5 heteroatoms. The van der Waals surface area contributed by atoms with Crippen molar-refractivity contribution in [2.45, 2.75) is 37.8 Å². The number of hydrogen-bond donors (Lipinski definition) is 1. The summed E-state index contributed by atoms with van der Waals surface area (Å²) in [6.45, 7) is 2.42. The van der Waals surface area contributed by atoms with Crippen molar-refractivity contribution in [2.24, 2.45) is 0 Å². The van der Waals surface area contributed by atoms with Crippen LogP contribution in [-0.2, 0) is 0 Å². The highest BCUT2D eigenvalue weighted by atomic mass is 35.5. The fraction of sp³-hybridized carbons (Fsp3) is 0.533. The molecule has 2 atom stereocenters. The lowest BCUT2D eigenvalue weighted by molar-refractivity contribution is 0.175. The maximum Gasteiger partial charge on any atom is 0.201 e. The molecular weight excluding hydrogens is 272 g/mol. The van der Waals surface area contributed by atoms with Gasteiger partial charge >= 0.3 is 0 Å². The second-order valence-electron chi connectivity index (χ2n) is 5.93. The van der Waals surface area contributed by atoms with Gasteiger partial charge < -0.3 is 10.3 Å². The third-order valence-corrected chi connectivity index (χ3v) is 5.07. The molecule has 2 N–H and O–H groups in total. The highest BCUT2D eigenvalue weighted by Gasteiger charge is 2.37. The predicted molar refractivity (Wildman–Crippen MR) is 82.0 cm³/mol. The molecule has 0 spiro atoms. The van der Waals surface area contributed by atoms with Crippen LogP contribution in [0.15, 0.2) is 18.2 Å². The molecule has 4 nitrogen and oxygen atoms in total. The topological polar surface area (TPSA) is 47.1 Å². The van der Waals surface area contributed by atoms with Crippen molar-refractivity contribution < 1.29 is 0 Å². The summed E-state index contributed by atoms with van der Waals surface area (Å²) < 4.78 is 2.24. The minimum Gasteiger partial charge on any atom is -0.369 e. The Morgan fingerprint density at radius 2 is 2.05 bits per heavy atom. The van der Waals surface area contributed by atoms with Crippen molar-refractivity contribution in [1.82, 2.24) is 14.5 Å². The molecule has 1 aromatic carbocycles. The van der Waals surface area contributed by atoms with Gasteiger partial charge in [0.05, 0.1) is 17.1 Å². The first-order valence-electron chi connectivity index (χ1n) is 7.41. The van der Waals surface area contributed by atoms with Gasteiger partial charge in [-0.2, -0.15) is 0 Å². The zero-order valence-electron chi connectivity index (χ0n) is 11.4. The zero-order valence-corrected chi connectivity index (χ0v) is 12.2. The highest BCUT2D eigenvalue weighted by molar-refractivity contribution is 6.31. The molecular formula is C15H19ClN4. The summed E-state index contributed by atoms with van der Waals surface area (Å²) >= 11 is 6.05. The molecule has 0 amide bonds. The van der Waals surface area contributed by atoms with Crippen LogP contribution in [0.1, 0.15) is 31.7 Å². The molecule has 2 aliphatic rings. The van der Waals surface area contributed by atoms with Crippen LogP contribution >= 0.6 is 11.6 Å². The van der Waals surface area contributed by atoms with Crippen molar-refractivity contribution in [3.63, 3.8) is 0 Å². The number of nitrogens with zero attached hydrogens (tertiary/aromatic N) is 3. The third kappa shape index (κ3) is 1.82. The van der Waals surface area contributed by atoms with E-state index in [4.69, 9.17) is 17.3 Å².